The third kappa shape index (κ3) is 2.07. The minimum absolute atomic E-state index is 0.0245. The molecule has 3 N–H and O–H groups in total. The first kappa shape index (κ1) is 13.9. The standard InChI is InChI=1S/C16H19ClN4O/c17-14-8-11-9(5-3-7-12(11)19-14)16(22)21-15(18)10-4-1-2-6-13(10)20-21/h8-9,19H,1-7,18H2. The van der Waals surface area contributed by atoms with Gasteiger partial charge in [0.15, 0.2) is 0 Å². The molecule has 2 aliphatic carbocycles. The van der Waals surface area contributed by atoms with Gasteiger partial charge in [0.1, 0.15) is 11.0 Å². The molecule has 6 heteroatoms. The molecule has 0 radical (unpaired) electrons. The number of H-pyrrole nitrogens is 1. The van der Waals surface area contributed by atoms with Crippen LogP contribution in [0.25, 0.3) is 0 Å². The Morgan fingerprint density at radius 1 is 1.32 bits per heavy atom. The van der Waals surface area contributed by atoms with E-state index in [0.717, 1.165) is 67.5 Å². The van der Waals surface area contributed by atoms with E-state index in [4.69, 9.17) is 17.3 Å². The van der Waals surface area contributed by atoms with Gasteiger partial charge in [-0.15, -0.1) is 0 Å². The first-order valence-electron chi connectivity index (χ1n) is 7.93. The van der Waals surface area contributed by atoms with Gasteiger partial charge in [0, 0.05) is 11.3 Å². The van der Waals surface area contributed by atoms with E-state index in [0.29, 0.717) is 11.0 Å². The van der Waals surface area contributed by atoms with Crippen LogP contribution in [-0.2, 0) is 19.3 Å². The SMILES string of the molecule is Nc1c2c(nn1C(=O)C1CCCc3[nH]c(Cl)cc31)CCCC2. The molecule has 2 aromatic rings. The Kier molecular flexibility index (Phi) is 3.26. The van der Waals surface area contributed by atoms with Gasteiger partial charge in [0.2, 0.25) is 0 Å². The summed E-state index contributed by atoms with van der Waals surface area (Å²) in [4.78, 5) is 16.1. The Balaban J connectivity index is 1.72. The summed E-state index contributed by atoms with van der Waals surface area (Å²) < 4.78 is 1.44. The van der Waals surface area contributed by atoms with Crippen molar-refractivity contribution in [2.75, 3.05) is 5.73 Å². The maximum atomic E-state index is 13.0. The Morgan fingerprint density at radius 3 is 2.95 bits per heavy atom. The Morgan fingerprint density at radius 2 is 2.14 bits per heavy atom. The first-order valence-corrected chi connectivity index (χ1v) is 8.30. The van der Waals surface area contributed by atoms with E-state index in [2.05, 4.69) is 10.1 Å². The molecule has 0 fully saturated rings. The van der Waals surface area contributed by atoms with Crippen molar-refractivity contribution in [2.45, 2.75) is 50.9 Å². The van der Waals surface area contributed by atoms with Gasteiger partial charge in [0.25, 0.3) is 5.91 Å². The largest absolute Gasteiger partial charge is 0.383 e. The van der Waals surface area contributed by atoms with Crippen molar-refractivity contribution in [2.24, 2.45) is 0 Å². The molecule has 1 unspecified atom stereocenters. The summed E-state index contributed by atoms with van der Waals surface area (Å²) in [5.41, 5.74) is 10.4. The number of aryl methyl sites for hydroxylation is 2. The molecule has 0 saturated carbocycles. The molecule has 22 heavy (non-hydrogen) atoms. The predicted molar refractivity (Wildman–Crippen MR) is 85.4 cm³/mol. The van der Waals surface area contributed by atoms with Gasteiger partial charge in [-0.1, -0.05) is 11.6 Å². The monoisotopic (exact) mass is 318 g/mol. The highest BCUT2D eigenvalue weighted by Gasteiger charge is 2.32. The van der Waals surface area contributed by atoms with Crippen LogP contribution in [0.3, 0.4) is 0 Å². The number of aromatic nitrogens is 3. The zero-order valence-corrected chi connectivity index (χ0v) is 13.1. The van der Waals surface area contributed by atoms with Crippen molar-refractivity contribution in [3.05, 3.63) is 33.7 Å². The number of rotatable bonds is 1. The third-order valence-corrected chi connectivity index (χ3v) is 5.10. The van der Waals surface area contributed by atoms with Gasteiger partial charge in [-0.25, -0.2) is 0 Å². The van der Waals surface area contributed by atoms with Crippen molar-refractivity contribution in [1.29, 1.82) is 0 Å². The molecular weight excluding hydrogens is 300 g/mol. The lowest BCUT2D eigenvalue weighted by Crippen LogP contribution is -2.25. The quantitative estimate of drug-likeness (QED) is 0.848. The van der Waals surface area contributed by atoms with Gasteiger partial charge in [-0.3, -0.25) is 4.79 Å². The van der Waals surface area contributed by atoms with Crippen molar-refractivity contribution >= 4 is 23.3 Å². The van der Waals surface area contributed by atoms with Crippen LogP contribution in [0.15, 0.2) is 6.07 Å². The second kappa shape index (κ2) is 5.16. The number of nitrogen functional groups attached to an aromatic ring is 1. The molecule has 2 aliphatic rings. The lowest BCUT2D eigenvalue weighted by Gasteiger charge is -2.21. The van der Waals surface area contributed by atoms with Crippen LogP contribution < -0.4 is 5.73 Å². The molecule has 0 amide bonds. The van der Waals surface area contributed by atoms with Gasteiger partial charge in [-0.2, -0.15) is 9.78 Å². The zero-order chi connectivity index (χ0) is 15.3. The lowest BCUT2D eigenvalue weighted by atomic mass is 9.86. The summed E-state index contributed by atoms with van der Waals surface area (Å²) in [5, 5.41) is 5.10. The topological polar surface area (TPSA) is 76.7 Å². The maximum absolute atomic E-state index is 13.0. The summed E-state index contributed by atoms with van der Waals surface area (Å²) in [6.07, 6.45) is 6.84. The molecular formula is C16H19ClN4O. The number of aromatic amines is 1. The van der Waals surface area contributed by atoms with E-state index in [-0.39, 0.29) is 11.8 Å². The average molecular weight is 319 g/mol. The second-order valence-corrected chi connectivity index (χ2v) is 6.67. The van der Waals surface area contributed by atoms with E-state index in [9.17, 15) is 4.79 Å². The van der Waals surface area contributed by atoms with Crippen LogP contribution in [0.4, 0.5) is 5.82 Å². The minimum Gasteiger partial charge on any atom is -0.383 e. The van der Waals surface area contributed by atoms with E-state index in [1.807, 2.05) is 6.07 Å². The fraction of sp³-hybridized carbons (Fsp3) is 0.500. The minimum atomic E-state index is -0.198. The number of nitrogens with one attached hydrogen (secondary N) is 1. The van der Waals surface area contributed by atoms with Crippen molar-refractivity contribution < 1.29 is 4.79 Å². The molecule has 4 rings (SSSR count). The smallest absolute Gasteiger partial charge is 0.256 e. The Hall–Kier alpha value is -1.75. The lowest BCUT2D eigenvalue weighted by molar-refractivity contribution is 0.0854. The first-order chi connectivity index (χ1) is 10.6. The van der Waals surface area contributed by atoms with Crippen LogP contribution in [0.2, 0.25) is 5.15 Å². The Bertz CT molecular complexity index is 746. The number of nitrogens with two attached hydrogens (primary N) is 1. The van der Waals surface area contributed by atoms with E-state index in [1.165, 1.54) is 4.68 Å². The summed E-state index contributed by atoms with van der Waals surface area (Å²) in [6.45, 7) is 0. The van der Waals surface area contributed by atoms with Crippen LogP contribution in [0, 0.1) is 0 Å². The molecule has 1 atom stereocenters. The summed E-state index contributed by atoms with van der Waals surface area (Å²) in [6, 6.07) is 1.87. The molecule has 0 aliphatic heterocycles. The molecule has 0 bridgehead atoms. The van der Waals surface area contributed by atoms with Crippen molar-refractivity contribution in [3.8, 4) is 0 Å². The third-order valence-electron chi connectivity index (χ3n) is 4.90. The fourth-order valence-electron chi connectivity index (χ4n) is 3.78. The molecule has 5 nitrogen and oxygen atoms in total. The number of hydrogen-bond donors (Lipinski definition) is 2. The highest BCUT2D eigenvalue weighted by Crippen LogP contribution is 2.36. The normalized spacial score (nSPS) is 20.5. The number of fused-ring (bicyclic) bond motifs is 2. The summed E-state index contributed by atoms with van der Waals surface area (Å²) in [7, 11) is 0. The molecule has 116 valence electrons. The van der Waals surface area contributed by atoms with Gasteiger partial charge in [-0.05, 0) is 56.6 Å². The van der Waals surface area contributed by atoms with Crippen LogP contribution in [-0.4, -0.2) is 20.7 Å². The van der Waals surface area contributed by atoms with Gasteiger partial charge in [0.05, 0.1) is 11.6 Å². The average Bonchev–Trinajstić information content (AvgIpc) is 3.06. The maximum Gasteiger partial charge on any atom is 0.256 e. The van der Waals surface area contributed by atoms with Crippen LogP contribution >= 0.6 is 11.6 Å². The second-order valence-electron chi connectivity index (χ2n) is 6.26. The summed E-state index contributed by atoms with van der Waals surface area (Å²) in [5.74, 6) is 0.313. The molecule has 2 aromatic heterocycles. The molecule has 2 heterocycles. The molecule has 0 spiro atoms. The predicted octanol–water partition coefficient (Wildman–Crippen LogP) is 3.09. The summed E-state index contributed by atoms with van der Waals surface area (Å²) >= 11 is 6.07. The molecule has 0 saturated heterocycles. The number of hydrogen-bond acceptors (Lipinski definition) is 3. The highest BCUT2D eigenvalue weighted by molar-refractivity contribution is 6.29. The van der Waals surface area contributed by atoms with E-state index >= 15 is 0 Å². The van der Waals surface area contributed by atoms with Crippen LogP contribution in [0.5, 0.6) is 0 Å². The number of carbonyl (C=O) groups excluding carboxylic acids is 1. The van der Waals surface area contributed by atoms with E-state index in [1.54, 1.807) is 0 Å². The Labute approximate surface area is 133 Å². The number of halogens is 1. The van der Waals surface area contributed by atoms with Gasteiger partial charge >= 0.3 is 0 Å². The molecule has 0 aromatic carbocycles. The van der Waals surface area contributed by atoms with E-state index < -0.39 is 0 Å². The number of anilines is 1. The number of carbonyl (C=O) groups is 1. The zero-order valence-electron chi connectivity index (χ0n) is 12.4. The highest BCUT2D eigenvalue weighted by atomic mass is 35.5. The fourth-order valence-corrected chi connectivity index (χ4v) is 4.01. The van der Waals surface area contributed by atoms with Crippen molar-refractivity contribution in [1.82, 2.24) is 14.8 Å². The van der Waals surface area contributed by atoms with Crippen LogP contribution in [0.1, 0.15) is 58.9 Å². The van der Waals surface area contributed by atoms with Crippen molar-refractivity contribution in [3.63, 3.8) is 0 Å². The number of nitrogens with zero attached hydrogens (tertiary/aromatic N) is 2. The van der Waals surface area contributed by atoms with Gasteiger partial charge < -0.3 is 10.7 Å².